The highest BCUT2D eigenvalue weighted by Crippen LogP contribution is 2.38. The third-order valence-corrected chi connectivity index (χ3v) is 6.01. The van der Waals surface area contributed by atoms with Crippen molar-refractivity contribution in [2.75, 3.05) is 14.2 Å². The highest BCUT2D eigenvalue weighted by atomic mass is 16.5. The molecule has 1 fully saturated rings. The summed E-state index contributed by atoms with van der Waals surface area (Å²) in [5.74, 6) is 1.57. The molecule has 1 aliphatic carbocycles. The molecule has 1 aromatic carbocycles. The van der Waals surface area contributed by atoms with Crippen LogP contribution in [-0.4, -0.2) is 36.8 Å². The Bertz CT molecular complexity index is 990. The Morgan fingerprint density at radius 3 is 2.42 bits per heavy atom. The van der Waals surface area contributed by atoms with Crippen molar-refractivity contribution in [1.29, 1.82) is 0 Å². The summed E-state index contributed by atoms with van der Waals surface area (Å²) in [7, 11) is 4.91. The van der Waals surface area contributed by atoms with Crippen molar-refractivity contribution in [3.05, 3.63) is 51.4 Å². The molecule has 1 heterocycles. The molecule has 7 heteroatoms. The zero-order valence-electron chi connectivity index (χ0n) is 19.0. The van der Waals surface area contributed by atoms with E-state index in [4.69, 9.17) is 14.2 Å². The van der Waals surface area contributed by atoms with E-state index in [1.807, 2.05) is 32.0 Å². The third-order valence-electron chi connectivity index (χ3n) is 6.01. The van der Waals surface area contributed by atoms with Gasteiger partial charge in [-0.15, -0.1) is 0 Å². The number of nitrogens with one attached hydrogen (secondary N) is 1. The molecule has 0 unspecified atom stereocenters. The van der Waals surface area contributed by atoms with Gasteiger partial charge in [-0.1, -0.05) is 13.0 Å². The van der Waals surface area contributed by atoms with Gasteiger partial charge in [-0.3, -0.25) is 9.59 Å². The lowest BCUT2D eigenvalue weighted by Gasteiger charge is -2.30. The molecule has 2 aromatic rings. The van der Waals surface area contributed by atoms with Crippen LogP contribution in [0, 0.1) is 6.92 Å². The van der Waals surface area contributed by atoms with Gasteiger partial charge in [-0.05, 0) is 62.8 Å². The molecule has 1 amide bonds. The summed E-state index contributed by atoms with van der Waals surface area (Å²) in [5.41, 5.74) is 1.87. The molecule has 0 saturated heterocycles. The number of amides is 1. The fourth-order valence-electron chi connectivity index (χ4n) is 4.33. The summed E-state index contributed by atoms with van der Waals surface area (Å²) in [6.45, 7) is 3.94. The Morgan fingerprint density at radius 2 is 1.81 bits per heavy atom. The standard InChI is InChI=1S/C24H32N2O5/c1-6-19-15(2)14-18(24(28)26(19)3)23(27)25-16-10-12-17(13-11-16)31-21-9-7-8-20(29-4)22(21)30-5/h7-9,14,16-17H,6,10-13H2,1-5H3,(H,25,27). The van der Waals surface area contributed by atoms with Crippen molar-refractivity contribution in [2.45, 2.75) is 58.1 Å². The maximum Gasteiger partial charge on any atom is 0.263 e. The van der Waals surface area contributed by atoms with Crippen LogP contribution in [0.5, 0.6) is 17.2 Å². The molecule has 0 aliphatic heterocycles. The van der Waals surface area contributed by atoms with Crippen LogP contribution >= 0.6 is 0 Å². The fraction of sp³-hybridized carbons (Fsp3) is 0.500. The molecule has 7 nitrogen and oxygen atoms in total. The monoisotopic (exact) mass is 428 g/mol. The minimum Gasteiger partial charge on any atom is -0.493 e. The lowest BCUT2D eigenvalue weighted by Crippen LogP contribution is -2.42. The number of hydrogen-bond donors (Lipinski definition) is 1. The molecule has 1 aliphatic rings. The van der Waals surface area contributed by atoms with E-state index in [0.29, 0.717) is 17.2 Å². The van der Waals surface area contributed by atoms with Gasteiger partial charge in [0.2, 0.25) is 5.75 Å². The molecule has 1 N–H and O–H groups in total. The van der Waals surface area contributed by atoms with Crippen molar-refractivity contribution in [1.82, 2.24) is 9.88 Å². The van der Waals surface area contributed by atoms with E-state index in [1.165, 1.54) is 0 Å². The Morgan fingerprint density at radius 1 is 1.13 bits per heavy atom. The van der Waals surface area contributed by atoms with Gasteiger partial charge in [-0.2, -0.15) is 0 Å². The van der Waals surface area contributed by atoms with Crippen LogP contribution in [0.4, 0.5) is 0 Å². The second-order valence-corrected chi connectivity index (χ2v) is 7.96. The van der Waals surface area contributed by atoms with Crippen LogP contribution in [0.1, 0.15) is 54.2 Å². The van der Waals surface area contributed by atoms with Gasteiger partial charge in [0.25, 0.3) is 11.5 Å². The molecule has 3 rings (SSSR count). The molecular formula is C24H32N2O5. The molecule has 0 bridgehead atoms. The summed E-state index contributed by atoms with van der Waals surface area (Å²) in [5, 5.41) is 3.04. The van der Waals surface area contributed by atoms with Gasteiger partial charge in [0, 0.05) is 18.8 Å². The quantitative estimate of drug-likeness (QED) is 0.731. The summed E-state index contributed by atoms with van der Waals surface area (Å²) < 4.78 is 18.5. The Kier molecular flexibility index (Phi) is 7.25. The van der Waals surface area contributed by atoms with E-state index in [2.05, 4.69) is 5.32 Å². The van der Waals surface area contributed by atoms with Gasteiger partial charge in [0.05, 0.1) is 20.3 Å². The average Bonchev–Trinajstić information content (AvgIpc) is 2.77. The maximum absolute atomic E-state index is 12.8. The second-order valence-electron chi connectivity index (χ2n) is 7.96. The number of rotatable bonds is 7. The van der Waals surface area contributed by atoms with Crippen molar-refractivity contribution in [3.8, 4) is 17.2 Å². The molecular weight excluding hydrogens is 396 g/mol. The summed E-state index contributed by atoms with van der Waals surface area (Å²) in [4.78, 5) is 25.4. The number of hydrogen-bond acceptors (Lipinski definition) is 5. The van der Waals surface area contributed by atoms with E-state index in [0.717, 1.165) is 43.4 Å². The van der Waals surface area contributed by atoms with Crippen LogP contribution in [0.15, 0.2) is 29.1 Å². The second kappa shape index (κ2) is 9.90. The zero-order chi connectivity index (χ0) is 22.5. The predicted octanol–water partition coefficient (Wildman–Crippen LogP) is 3.39. The van der Waals surface area contributed by atoms with Crippen molar-refractivity contribution >= 4 is 5.91 Å². The molecule has 168 valence electrons. The molecule has 0 atom stereocenters. The number of benzene rings is 1. The van der Waals surface area contributed by atoms with Crippen LogP contribution < -0.4 is 25.1 Å². The van der Waals surface area contributed by atoms with Gasteiger partial charge in [0.15, 0.2) is 11.5 Å². The number of ether oxygens (including phenoxy) is 3. The first kappa shape index (κ1) is 22.7. The average molecular weight is 429 g/mol. The zero-order valence-corrected chi connectivity index (χ0v) is 19.0. The number of aryl methyl sites for hydroxylation is 1. The van der Waals surface area contributed by atoms with E-state index < -0.39 is 0 Å². The van der Waals surface area contributed by atoms with Crippen LogP contribution in [0.2, 0.25) is 0 Å². The van der Waals surface area contributed by atoms with Gasteiger partial charge in [-0.25, -0.2) is 0 Å². The van der Waals surface area contributed by atoms with Gasteiger partial charge >= 0.3 is 0 Å². The minimum atomic E-state index is -0.301. The molecule has 31 heavy (non-hydrogen) atoms. The Balaban J connectivity index is 1.61. The number of carbonyl (C=O) groups is 1. The number of pyridine rings is 1. The highest BCUT2D eigenvalue weighted by molar-refractivity contribution is 5.94. The first-order chi connectivity index (χ1) is 14.9. The number of aromatic nitrogens is 1. The van der Waals surface area contributed by atoms with E-state index in [1.54, 1.807) is 31.9 Å². The number of methoxy groups -OCH3 is 2. The normalized spacial score (nSPS) is 18.4. The van der Waals surface area contributed by atoms with Crippen molar-refractivity contribution in [2.24, 2.45) is 7.05 Å². The largest absolute Gasteiger partial charge is 0.493 e. The molecule has 0 spiro atoms. The smallest absolute Gasteiger partial charge is 0.263 e. The van der Waals surface area contributed by atoms with Gasteiger partial charge in [0.1, 0.15) is 5.56 Å². The number of nitrogens with zero attached hydrogens (tertiary/aromatic N) is 1. The van der Waals surface area contributed by atoms with E-state index in [-0.39, 0.29) is 29.2 Å². The SMILES string of the molecule is CCc1c(C)cc(C(=O)NC2CCC(Oc3cccc(OC)c3OC)CC2)c(=O)n1C. The third kappa shape index (κ3) is 4.86. The number of para-hydroxylation sites is 1. The van der Waals surface area contributed by atoms with Crippen LogP contribution in [-0.2, 0) is 13.5 Å². The summed E-state index contributed by atoms with van der Waals surface area (Å²) >= 11 is 0. The minimum absolute atomic E-state index is 0.0235. The molecule has 1 saturated carbocycles. The first-order valence-corrected chi connectivity index (χ1v) is 10.8. The molecule has 0 radical (unpaired) electrons. The number of carbonyl (C=O) groups excluding carboxylic acids is 1. The summed E-state index contributed by atoms with van der Waals surface area (Å²) in [6.07, 6.45) is 3.97. The molecule has 1 aromatic heterocycles. The summed E-state index contributed by atoms with van der Waals surface area (Å²) in [6, 6.07) is 7.30. The van der Waals surface area contributed by atoms with E-state index >= 15 is 0 Å². The van der Waals surface area contributed by atoms with Gasteiger partial charge < -0.3 is 24.1 Å². The fourth-order valence-corrected chi connectivity index (χ4v) is 4.33. The Labute approximate surface area is 183 Å². The van der Waals surface area contributed by atoms with Crippen molar-refractivity contribution < 1.29 is 19.0 Å². The lowest BCUT2D eigenvalue weighted by molar-refractivity contribution is 0.0889. The highest BCUT2D eigenvalue weighted by Gasteiger charge is 2.26. The van der Waals surface area contributed by atoms with Crippen LogP contribution in [0.25, 0.3) is 0 Å². The van der Waals surface area contributed by atoms with Crippen molar-refractivity contribution in [3.63, 3.8) is 0 Å². The maximum atomic E-state index is 12.8. The lowest BCUT2D eigenvalue weighted by atomic mass is 9.92. The Hall–Kier alpha value is -2.96. The first-order valence-electron chi connectivity index (χ1n) is 10.8. The predicted molar refractivity (Wildman–Crippen MR) is 119 cm³/mol. The van der Waals surface area contributed by atoms with Crippen LogP contribution in [0.3, 0.4) is 0 Å². The van der Waals surface area contributed by atoms with E-state index in [9.17, 15) is 9.59 Å². The topological polar surface area (TPSA) is 78.8 Å².